The number of oxazole rings is 1. The van der Waals surface area contributed by atoms with Crippen molar-refractivity contribution in [3.8, 4) is 0 Å². The Morgan fingerprint density at radius 1 is 1.50 bits per heavy atom. The van der Waals surface area contributed by atoms with E-state index in [-0.39, 0.29) is 12.5 Å². The van der Waals surface area contributed by atoms with Crippen molar-refractivity contribution >= 4 is 22.7 Å². The van der Waals surface area contributed by atoms with Gasteiger partial charge < -0.3 is 15.1 Å². The molecule has 2 N–H and O–H groups in total. The van der Waals surface area contributed by atoms with Gasteiger partial charge in [-0.1, -0.05) is 0 Å². The standard InChI is InChI=1S/C14H17N3O3/c1-2-16(10-4-5-10)13(18)8-17-11-6-3-9(15)7-12(11)20-14(17)19/h3,6-7,10H,2,4-5,8,15H2,1H3. The predicted octanol–water partition coefficient (Wildman–Crippen LogP) is 1.19. The van der Waals surface area contributed by atoms with E-state index in [0.717, 1.165) is 12.8 Å². The molecule has 0 spiro atoms. The van der Waals surface area contributed by atoms with E-state index in [1.807, 2.05) is 11.8 Å². The van der Waals surface area contributed by atoms with Crippen LogP contribution in [-0.4, -0.2) is 28.0 Å². The van der Waals surface area contributed by atoms with Crippen LogP contribution in [0.1, 0.15) is 19.8 Å². The minimum atomic E-state index is -0.522. The molecule has 1 fully saturated rings. The summed E-state index contributed by atoms with van der Waals surface area (Å²) < 4.78 is 6.49. The molecule has 20 heavy (non-hydrogen) atoms. The molecule has 3 rings (SSSR count). The van der Waals surface area contributed by atoms with Crippen LogP contribution in [0.25, 0.3) is 11.1 Å². The Morgan fingerprint density at radius 2 is 2.25 bits per heavy atom. The smallest absolute Gasteiger partial charge is 0.408 e. The third-order valence-corrected chi connectivity index (χ3v) is 3.63. The molecule has 0 unspecified atom stereocenters. The van der Waals surface area contributed by atoms with Crippen LogP contribution < -0.4 is 11.5 Å². The number of nitrogen functional groups attached to an aromatic ring is 1. The number of amides is 1. The Kier molecular flexibility index (Phi) is 3.00. The summed E-state index contributed by atoms with van der Waals surface area (Å²) in [5, 5.41) is 0. The lowest BCUT2D eigenvalue weighted by atomic mass is 10.3. The highest BCUT2D eigenvalue weighted by atomic mass is 16.4. The van der Waals surface area contributed by atoms with Gasteiger partial charge in [0.05, 0.1) is 5.52 Å². The summed E-state index contributed by atoms with van der Waals surface area (Å²) in [5.41, 5.74) is 7.20. The molecule has 106 valence electrons. The molecule has 6 heteroatoms. The van der Waals surface area contributed by atoms with Crippen molar-refractivity contribution in [1.82, 2.24) is 9.47 Å². The molecule has 0 atom stereocenters. The number of carbonyl (C=O) groups excluding carboxylic acids is 1. The number of anilines is 1. The molecule has 1 heterocycles. The summed E-state index contributed by atoms with van der Waals surface area (Å²) in [4.78, 5) is 26.0. The van der Waals surface area contributed by atoms with Crippen LogP contribution in [-0.2, 0) is 11.3 Å². The zero-order valence-electron chi connectivity index (χ0n) is 11.3. The van der Waals surface area contributed by atoms with Gasteiger partial charge in [-0.15, -0.1) is 0 Å². The first-order valence-corrected chi connectivity index (χ1v) is 6.78. The summed E-state index contributed by atoms with van der Waals surface area (Å²) in [6.07, 6.45) is 2.11. The van der Waals surface area contributed by atoms with Gasteiger partial charge in [0.2, 0.25) is 5.91 Å². The van der Waals surface area contributed by atoms with Gasteiger partial charge in [-0.2, -0.15) is 0 Å². The number of benzene rings is 1. The van der Waals surface area contributed by atoms with Gasteiger partial charge in [0.25, 0.3) is 0 Å². The molecule has 0 bridgehead atoms. The minimum Gasteiger partial charge on any atom is -0.408 e. The fourth-order valence-electron chi connectivity index (χ4n) is 2.48. The molecule has 1 aromatic heterocycles. The van der Waals surface area contributed by atoms with Gasteiger partial charge in [-0.3, -0.25) is 9.36 Å². The van der Waals surface area contributed by atoms with Crippen LogP contribution >= 0.6 is 0 Å². The fourth-order valence-corrected chi connectivity index (χ4v) is 2.48. The molecule has 6 nitrogen and oxygen atoms in total. The maximum absolute atomic E-state index is 12.3. The molecule has 1 aliphatic rings. The second-order valence-corrected chi connectivity index (χ2v) is 5.09. The molecular weight excluding hydrogens is 258 g/mol. The van der Waals surface area contributed by atoms with Crippen LogP contribution in [0.3, 0.4) is 0 Å². The van der Waals surface area contributed by atoms with Gasteiger partial charge in [0, 0.05) is 24.3 Å². The second kappa shape index (κ2) is 4.70. The number of nitrogens with two attached hydrogens (primary N) is 1. The number of aromatic nitrogens is 1. The van der Waals surface area contributed by atoms with Crippen molar-refractivity contribution in [2.45, 2.75) is 32.4 Å². The van der Waals surface area contributed by atoms with Gasteiger partial charge in [0.1, 0.15) is 6.54 Å². The Hall–Kier alpha value is -2.24. The number of likely N-dealkylation sites (N-methyl/N-ethyl adjacent to an activating group) is 1. The Balaban J connectivity index is 1.92. The summed E-state index contributed by atoms with van der Waals surface area (Å²) in [6, 6.07) is 5.33. The quantitative estimate of drug-likeness (QED) is 0.850. The lowest BCUT2D eigenvalue weighted by Gasteiger charge is -2.20. The highest BCUT2D eigenvalue weighted by Gasteiger charge is 2.31. The lowest BCUT2D eigenvalue weighted by Crippen LogP contribution is -2.37. The van der Waals surface area contributed by atoms with E-state index in [0.29, 0.717) is 29.4 Å². The average Bonchev–Trinajstić information content (AvgIpc) is 3.17. The third-order valence-electron chi connectivity index (χ3n) is 3.63. The van der Waals surface area contributed by atoms with E-state index in [9.17, 15) is 9.59 Å². The van der Waals surface area contributed by atoms with Gasteiger partial charge in [-0.05, 0) is 31.9 Å². The average molecular weight is 275 g/mol. The SMILES string of the molecule is CCN(C(=O)Cn1c(=O)oc2cc(N)ccc21)C1CC1. The third kappa shape index (κ3) is 2.17. The molecular formula is C14H17N3O3. The van der Waals surface area contributed by atoms with Gasteiger partial charge in [-0.25, -0.2) is 4.79 Å². The van der Waals surface area contributed by atoms with Gasteiger partial charge in [0.15, 0.2) is 5.58 Å². The van der Waals surface area contributed by atoms with E-state index in [1.54, 1.807) is 18.2 Å². The van der Waals surface area contributed by atoms with Crippen LogP contribution in [0.2, 0.25) is 0 Å². The molecule has 2 aromatic rings. The summed E-state index contributed by atoms with van der Waals surface area (Å²) in [7, 11) is 0. The minimum absolute atomic E-state index is 0.0140. The predicted molar refractivity (Wildman–Crippen MR) is 75.3 cm³/mol. The first kappa shape index (κ1) is 12.8. The van der Waals surface area contributed by atoms with Crippen molar-refractivity contribution < 1.29 is 9.21 Å². The summed E-state index contributed by atoms with van der Waals surface area (Å²) >= 11 is 0. The molecule has 1 amide bonds. The summed E-state index contributed by atoms with van der Waals surface area (Å²) in [6.45, 7) is 2.63. The molecule has 1 aromatic carbocycles. The van der Waals surface area contributed by atoms with Crippen molar-refractivity contribution in [2.75, 3.05) is 12.3 Å². The molecule has 0 radical (unpaired) electrons. The van der Waals surface area contributed by atoms with Crippen molar-refractivity contribution in [1.29, 1.82) is 0 Å². The van der Waals surface area contributed by atoms with Crippen molar-refractivity contribution in [3.05, 3.63) is 28.7 Å². The maximum Gasteiger partial charge on any atom is 0.420 e. The van der Waals surface area contributed by atoms with E-state index in [2.05, 4.69) is 0 Å². The topological polar surface area (TPSA) is 81.5 Å². The highest BCUT2D eigenvalue weighted by Crippen LogP contribution is 2.27. The Morgan fingerprint density at radius 3 is 2.90 bits per heavy atom. The number of carbonyl (C=O) groups is 1. The molecule has 0 saturated heterocycles. The first-order valence-electron chi connectivity index (χ1n) is 6.78. The van der Waals surface area contributed by atoms with Crippen LogP contribution in [0.5, 0.6) is 0 Å². The van der Waals surface area contributed by atoms with Crippen LogP contribution in [0.15, 0.2) is 27.4 Å². The van der Waals surface area contributed by atoms with E-state index in [1.165, 1.54) is 4.57 Å². The zero-order chi connectivity index (χ0) is 14.3. The number of nitrogens with zero attached hydrogens (tertiary/aromatic N) is 2. The first-order chi connectivity index (χ1) is 9.60. The van der Waals surface area contributed by atoms with Crippen molar-refractivity contribution in [2.24, 2.45) is 0 Å². The van der Waals surface area contributed by atoms with E-state index >= 15 is 0 Å². The second-order valence-electron chi connectivity index (χ2n) is 5.09. The number of rotatable bonds is 4. The number of hydrogen-bond donors (Lipinski definition) is 1. The summed E-state index contributed by atoms with van der Waals surface area (Å²) in [5.74, 6) is -0.567. The van der Waals surface area contributed by atoms with Crippen LogP contribution in [0, 0.1) is 0 Å². The van der Waals surface area contributed by atoms with Crippen molar-refractivity contribution in [3.63, 3.8) is 0 Å². The lowest BCUT2D eigenvalue weighted by molar-refractivity contribution is -0.132. The van der Waals surface area contributed by atoms with E-state index in [4.69, 9.17) is 10.2 Å². The largest absolute Gasteiger partial charge is 0.420 e. The maximum atomic E-state index is 12.3. The van der Waals surface area contributed by atoms with E-state index < -0.39 is 5.76 Å². The molecule has 0 aliphatic heterocycles. The highest BCUT2D eigenvalue weighted by molar-refractivity contribution is 5.81. The molecule has 1 aliphatic carbocycles. The number of fused-ring (bicyclic) bond motifs is 1. The van der Waals surface area contributed by atoms with Gasteiger partial charge >= 0.3 is 5.76 Å². The number of hydrogen-bond acceptors (Lipinski definition) is 4. The fraction of sp³-hybridized carbons (Fsp3) is 0.429. The normalized spacial score (nSPS) is 14.7. The monoisotopic (exact) mass is 275 g/mol. The molecule has 1 saturated carbocycles. The zero-order valence-corrected chi connectivity index (χ0v) is 11.3. The Bertz CT molecular complexity index is 712. The van der Waals surface area contributed by atoms with Crippen LogP contribution in [0.4, 0.5) is 5.69 Å². The Labute approximate surface area is 115 Å².